The number of aromatic nitrogens is 5. The molecule has 0 radical (unpaired) electrons. The van der Waals surface area contributed by atoms with Crippen LogP contribution in [0, 0.1) is 5.41 Å². The number of hydrogen-bond donors (Lipinski definition) is 1. The van der Waals surface area contributed by atoms with Crippen LogP contribution in [0.25, 0.3) is 0 Å². The van der Waals surface area contributed by atoms with Crippen LogP contribution in [0.1, 0.15) is 17.4 Å². The van der Waals surface area contributed by atoms with Crippen molar-refractivity contribution in [3.05, 3.63) is 30.1 Å². The van der Waals surface area contributed by atoms with Gasteiger partial charge in [0.2, 0.25) is 11.9 Å². The normalized spacial score (nSPS) is 21.8. The predicted molar refractivity (Wildman–Crippen MR) is 95.7 cm³/mol. The summed E-state index contributed by atoms with van der Waals surface area (Å²) in [6.45, 7) is 3.45. The molecule has 9 heteroatoms. The van der Waals surface area contributed by atoms with Gasteiger partial charge in [-0.25, -0.2) is 15.0 Å². The molecule has 2 aliphatic heterocycles. The van der Waals surface area contributed by atoms with Crippen molar-refractivity contribution < 1.29 is 4.79 Å². The molecule has 2 aromatic rings. The van der Waals surface area contributed by atoms with Gasteiger partial charge in [-0.1, -0.05) is 0 Å². The third kappa shape index (κ3) is 2.92. The first-order valence-electron chi connectivity index (χ1n) is 8.78. The maximum absolute atomic E-state index is 12.5. The van der Waals surface area contributed by atoms with E-state index in [0.717, 1.165) is 37.8 Å². The first-order valence-corrected chi connectivity index (χ1v) is 8.78. The summed E-state index contributed by atoms with van der Waals surface area (Å²) < 4.78 is 0. The van der Waals surface area contributed by atoms with Gasteiger partial charge in [0, 0.05) is 57.8 Å². The highest BCUT2D eigenvalue weighted by Crippen LogP contribution is 2.48. The molecule has 4 heterocycles. The van der Waals surface area contributed by atoms with E-state index in [9.17, 15) is 4.79 Å². The SMILES string of the molecule is CN1CC(c2ccnc(N(C)C)n2)C2(C1)CN(C(=O)Cc1ncn[nH]1)C2. The van der Waals surface area contributed by atoms with Crippen LogP contribution in [-0.2, 0) is 11.2 Å². The zero-order chi connectivity index (χ0) is 18.3. The molecule has 2 saturated heterocycles. The van der Waals surface area contributed by atoms with Crippen molar-refractivity contribution in [3.63, 3.8) is 0 Å². The fraction of sp³-hybridized carbons (Fsp3) is 0.588. The third-order valence-electron chi connectivity index (χ3n) is 5.39. The molecule has 9 nitrogen and oxygen atoms in total. The van der Waals surface area contributed by atoms with E-state index in [2.05, 4.69) is 32.1 Å². The van der Waals surface area contributed by atoms with Crippen molar-refractivity contribution in [1.29, 1.82) is 0 Å². The summed E-state index contributed by atoms with van der Waals surface area (Å²) in [7, 11) is 6.03. The first kappa shape index (κ1) is 16.9. The van der Waals surface area contributed by atoms with E-state index in [-0.39, 0.29) is 17.7 Å². The Bertz CT molecular complexity index is 784. The summed E-state index contributed by atoms with van der Waals surface area (Å²) in [5.74, 6) is 1.74. The summed E-state index contributed by atoms with van der Waals surface area (Å²) in [6.07, 6.45) is 3.53. The average molecular weight is 356 g/mol. The number of carbonyl (C=O) groups is 1. The van der Waals surface area contributed by atoms with Gasteiger partial charge < -0.3 is 14.7 Å². The number of carbonyl (C=O) groups excluding carboxylic acids is 1. The van der Waals surface area contributed by atoms with Crippen molar-refractivity contribution in [2.75, 3.05) is 52.2 Å². The van der Waals surface area contributed by atoms with Gasteiger partial charge in [0.25, 0.3) is 0 Å². The summed E-state index contributed by atoms with van der Waals surface area (Å²) in [4.78, 5) is 31.8. The highest BCUT2D eigenvalue weighted by atomic mass is 16.2. The van der Waals surface area contributed by atoms with Crippen LogP contribution in [0.5, 0.6) is 0 Å². The Morgan fingerprint density at radius 2 is 2.15 bits per heavy atom. The monoisotopic (exact) mass is 356 g/mol. The smallest absolute Gasteiger partial charge is 0.230 e. The Morgan fingerprint density at radius 1 is 1.35 bits per heavy atom. The molecule has 0 bridgehead atoms. The molecule has 1 N–H and O–H groups in total. The number of likely N-dealkylation sites (tertiary alicyclic amines) is 2. The van der Waals surface area contributed by atoms with Gasteiger partial charge in [-0.3, -0.25) is 9.89 Å². The number of anilines is 1. The van der Waals surface area contributed by atoms with Gasteiger partial charge in [0.05, 0.1) is 12.1 Å². The van der Waals surface area contributed by atoms with Crippen LogP contribution < -0.4 is 4.90 Å². The highest BCUT2D eigenvalue weighted by molar-refractivity contribution is 5.79. The number of hydrogen-bond acceptors (Lipinski definition) is 7. The lowest BCUT2D eigenvalue weighted by atomic mass is 9.70. The van der Waals surface area contributed by atoms with Gasteiger partial charge in [-0.2, -0.15) is 5.10 Å². The summed E-state index contributed by atoms with van der Waals surface area (Å²) in [5.41, 5.74) is 1.14. The van der Waals surface area contributed by atoms with Crippen LogP contribution in [0.2, 0.25) is 0 Å². The average Bonchev–Trinajstić information content (AvgIpc) is 3.20. The third-order valence-corrected chi connectivity index (χ3v) is 5.39. The van der Waals surface area contributed by atoms with Crippen molar-refractivity contribution in [1.82, 2.24) is 34.9 Å². The van der Waals surface area contributed by atoms with Crippen LogP contribution >= 0.6 is 0 Å². The van der Waals surface area contributed by atoms with E-state index >= 15 is 0 Å². The largest absolute Gasteiger partial charge is 0.347 e. The quantitative estimate of drug-likeness (QED) is 0.808. The topological polar surface area (TPSA) is 94.1 Å². The number of rotatable bonds is 4. The fourth-order valence-corrected chi connectivity index (χ4v) is 4.18. The minimum absolute atomic E-state index is 0.0732. The van der Waals surface area contributed by atoms with Gasteiger partial charge >= 0.3 is 0 Å². The molecular formula is C17H24N8O. The van der Waals surface area contributed by atoms with E-state index < -0.39 is 0 Å². The second kappa shape index (κ2) is 6.31. The Labute approximate surface area is 152 Å². The van der Waals surface area contributed by atoms with E-state index in [1.54, 1.807) is 0 Å². The summed E-state index contributed by atoms with van der Waals surface area (Å²) in [6, 6.07) is 2.01. The molecule has 1 amide bonds. The maximum Gasteiger partial charge on any atom is 0.230 e. The number of nitrogens with one attached hydrogen (secondary N) is 1. The number of nitrogens with zero attached hydrogens (tertiary/aromatic N) is 7. The standard InChI is InChI=1S/C17H24N8O/c1-23(2)16-18-5-4-13(21-16)12-7-24(3)8-17(12)9-25(10-17)15(26)6-14-19-11-20-22-14/h4-5,11-12H,6-10H2,1-3H3,(H,19,20,22). The maximum atomic E-state index is 12.5. The van der Waals surface area contributed by atoms with Gasteiger partial charge in [0.1, 0.15) is 12.2 Å². The first-order chi connectivity index (χ1) is 12.5. The molecule has 0 aromatic carbocycles. The van der Waals surface area contributed by atoms with Crippen molar-refractivity contribution in [2.45, 2.75) is 12.3 Å². The Hall–Kier alpha value is -2.55. The van der Waals surface area contributed by atoms with Gasteiger partial charge in [-0.15, -0.1) is 0 Å². The molecule has 0 saturated carbocycles. The lowest BCUT2D eigenvalue weighted by Crippen LogP contribution is -2.61. The minimum atomic E-state index is 0.0732. The molecule has 1 spiro atoms. The van der Waals surface area contributed by atoms with Crippen molar-refractivity contribution in [2.24, 2.45) is 5.41 Å². The van der Waals surface area contributed by atoms with E-state index in [0.29, 0.717) is 11.7 Å². The van der Waals surface area contributed by atoms with Crippen LogP contribution in [0.4, 0.5) is 5.95 Å². The van der Waals surface area contributed by atoms with Gasteiger partial charge in [0.15, 0.2) is 0 Å². The molecule has 1 unspecified atom stereocenters. The van der Waals surface area contributed by atoms with Crippen molar-refractivity contribution >= 4 is 11.9 Å². The number of aromatic amines is 1. The molecule has 2 aliphatic rings. The minimum Gasteiger partial charge on any atom is -0.347 e. The molecule has 2 aromatic heterocycles. The highest BCUT2D eigenvalue weighted by Gasteiger charge is 2.55. The second-order valence-corrected chi connectivity index (χ2v) is 7.65. The number of likely N-dealkylation sites (N-methyl/N-ethyl adjacent to an activating group) is 1. The molecule has 4 rings (SSSR count). The number of amides is 1. The van der Waals surface area contributed by atoms with Crippen LogP contribution in [-0.4, -0.2) is 88.2 Å². The molecule has 1 atom stereocenters. The molecule has 138 valence electrons. The fourth-order valence-electron chi connectivity index (χ4n) is 4.18. The summed E-state index contributed by atoms with van der Waals surface area (Å²) in [5, 5.41) is 6.55. The predicted octanol–water partition coefficient (Wildman–Crippen LogP) is -0.239. The molecule has 2 fully saturated rings. The van der Waals surface area contributed by atoms with Gasteiger partial charge in [-0.05, 0) is 13.1 Å². The number of H-pyrrole nitrogens is 1. The molecule has 26 heavy (non-hydrogen) atoms. The molecular weight excluding hydrogens is 332 g/mol. The second-order valence-electron chi connectivity index (χ2n) is 7.65. The Kier molecular flexibility index (Phi) is 4.10. The Morgan fingerprint density at radius 3 is 2.85 bits per heavy atom. The van der Waals surface area contributed by atoms with E-state index in [4.69, 9.17) is 4.98 Å². The van der Waals surface area contributed by atoms with E-state index in [1.165, 1.54) is 6.33 Å². The molecule has 0 aliphatic carbocycles. The van der Waals surface area contributed by atoms with E-state index in [1.807, 2.05) is 36.2 Å². The zero-order valence-electron chi connectivity index (χ0n) is 15.4. The van der Waals surface area contributed by atoms with Crippen molar-refractivity contribution in [3.8, 4) is 0 Å². The zero-order valence-corrected chi connectivity index (χ0v) is 15.4. The van der Waals surface area contributed by atoms with Crippen LogP contribution in [0.15, 0.2) is 18.6 Å². The van der Waals surface area contributed by atoms with Crippen LogP contribution in [0.3, 0.4) is 0 Å². The lowest BCUT2D eigenvalue weighted by molar-refractivity contribution is -0.142. The lowest BCUT2D eigenvalue weighted by Gasteiger charge is -2.51. The Balaban J connectivity index is 1.49. The summed E-state index contributed by atoms with van der Waals surface area (Å²) >= 11 is 0.